The lowest BCUT2D eigenvalue weighted by Gasteiger charge is -2.03. The Morgan fingerprint density at radius 1 is 0.950 bits per heavy atom. The number of hydrogen-bond donors (Lipinski definition) is 2. The molecular weight excluding hydrogens is 262 g/mol. The van der Waals surface area contributed by atoms with Crippen LogP contribution in [0.1, 0.15) is 25.7 Å². The van der Waals surface area contributed by atoms with Crippen molar-refractivity contribution in [2.75, 3.05) is 26.4 Å². The van der Waals surface area contributed by atoms with E-state index in [-0.39, 0.29) is 18.5 Å². The highest BCUT2D eigenvalue weighted by Gasteiger charge is 1.97. The maximum atomic E-state index is 10.6. The van der Waals surface area contributed by atoms with Crippen LogP contribution >= 0.6 is 0 Å². The lowest BCUT2D eigenvalue weighted by atomic mass is 10.2. The topological polar surface area (TPSA) is 98.9 Å². The smallest absolute Gasteiger partial charge is 0.330 e. The van der Waals surface area contributed by atoms with E-state index in [0.717, 1.165) is 37.8 Å². The lowest BCUT2D eigenvalue weighted by molar-refractivity contribution is -0.139. The van der Waals surface area contributed by atoms with Crippen LogP contribution in [0.15, 0.2) is 25.3 Å². The van der Waals surface area contributed by atoms with E-state index >= 15 is 0 Å². The summed E-state index contributed by atoms with van der Waals surface area (Å²) >= 11 is 0. The van der Waals surface area contributed by atoms with E-state index in [2.05, 4.69) is 13.2 Å². The van der Waals surface area contributed by atoms with E-state index in [1.165, 1.54) is 0 Å². The molecule has 116 valence electrons. The van der Waals surface area contributed by atoms with Gasteiger partial charge in [-0.15, -0.1) is 0 Å². The largest absolute Gasteiger partial charge is 0.463 e. The number of aliphatic hydroxyl groups is 1. The van der Waals surface area contributed by atoms with Crippen molar-refractivity contribution in [2.24, 2.45) is 5.73 Å². The van der Waals surface area contributed by atoms with E-state index in [1.807, 2.05) is 0 Å². The molecule has 0 atom stereocenters. The Balaban J connectivity index is 0. The van der Waals surface area contributed by atoms with Crippen molar-refractivity contribution in [1.29, 1.82) is 0 Å². The molecule has 0 spiro atoms. The van der Waals surface area contributed by atoms with E-state index in [9.17, 15) is 9.59 Å². The molecule has 0 aromatic carbocycles. The summed E-state index contributed by atoms with van der Waals surface area (Å²) in [6.45, 7) is 7.89. The number of esters is 2. The van der Waals surface area contributed by atoms with Crippen molar-refractivity contribution < 1.29 is 24.2 Å². The maximum absolute atomic E-state index is 10.6. The van der Waals surface area contributed by atoms with Gasteiger partial charge in [0, 0.05) is 18.7 Å². The zero-order valence-corrected chi connectivity index (χ0v) is 11.9. The highest BCUT2D eigenvalue weighted by molar-refractivity contribution is 5.81. The number of rotatable bonds is 10. The van der Waals surface area contributed by atoms with Gasteiger partial charge >= 0.3 is 11.9 Å². The molecule has 0 bridgehead atoms. The quantitative estimate of drug-likeness (QED) is 0.352. The van der Waals surface area contributed by atoms with Crippen LogP contribution in [-0.2, 0) is 19.1 Å². The Labute approximate surface area is 120 Å². The van der Waals surface area contributed by atoms with Crippen LogP contribution in [0.2, 0.25) is 0 Å². The first-order chi connectivity index (χ1) is 9.62. The molecule has 0 radical (unpaired) electrons. The molecule has 0 aliphatic carbocycles. The number of unbranched alkanes of at least 4 members (excludes halogenated alkanes) is 3. The fraction of sp³-hybridized carbons (Fsp3) is 0.571. The molecule has 0 saturated carbocycles. The third-order valence-electron chi connectivity index (χ3n) is 1.99. The molecule has 0 aliphatic heterocycles. The second kappa shape index (κ2) is 17.3. The predicted molar refractivity (Wildman–Crippen MR) is 76.9 cm³/mol. The summed E-state index contributed by atoms with van der Waals surface area (Å²) in [6.07, 6.45) is 5.81. The van der Waals surface area contributed by atoms with Crippen LogP contribution in [0.4, 0.5) is 0 Å². The molecule has 0 heterocycles. The normalized spacial score (nSPS) is 8.90. The van der Waals surface area contributed by atoms with Crippen molar-refractivity contribution in [3.8, 4) is 0 Å². The lowest BCUT2D eigenvalue weighted by Crippen LogP contribution is -2.03. The molecule has 0 aliphatic rings. The number of aliphatic hydroxyl groups excluding tert-OH is 1. The number of nitrogens with two attached hydrogens (primary N) is 1. The second-order valence-corrected chi connectivity index (χ2v) is 3.67. The predicted octanol–water partition coefficient (Wildman–Crippen LogP) is 0.943. The number of ether oxygens (including phenoxy) is 2. The Hall–Kier alpha value is -1.66. The van der Waals surface area contributed by atoms with Crippen LogP contribution in [0.3, 0.4) is 0 Å². The van der Waals surface area contributed by atoms with Gasteiger partial charge in [-0.3, -0.25) is 0 Å². The number of hydrogen-bond acceptors (Lipinski definition) is 6. The molecule has 20 heavy (non-hydrogen) atoms. The molecule has 0 saturated heterocycles. The van der Waals surface area contributed by atoms with Crippen molar-refractivity contribution in [1.82, 2.24) is 0 Å². The summed E-state index contributed by atoms with van der Waals surface area (Å²) < 4.78 is 9.60. The third kappa shape index (κ3) is 18.7. The average molecular weight is 287 g/mol. The highest BCUT2D eigenvalue weighted by Crippen LogP contribution is 2.01. The van der Waals surface area contributed by atoms with Gasteiger partial charge < -0.3 is 20.3 Å². The molecule has 0 unspecified atom stereocenters. The minimum Gasteiger partial charge on any atom is -0.463 e. The molecule has 0 aromatic heterocycles. The standard InChI is InChI=1S/C12H18O4.C2H7NO/c1-3-11(13)15-9-7-5-6-8-10-16-12(14)4-2;3-1-2-4/h3-4H,1-2,5-10H2;4H,1-3H2. The minimum absolute atomic E-state index is 0.0972. The van der Waals surface area contributed by atoms with Gasteiger partial charge in [0.2, 0.25) is 0 Å². The fourth-order valence-electron chi connectivity index (χ4n) is 1.02. The average Bonchev–Trinajstić information content (AvgIpc) is 2.49. The monoisotopic (exact) mass is 287 g/mol. The van der Waals surface area contributed by atoms with Gasteiger partial charge in [0.05, 0.1) is 19.8 Å². The molecule has 6 nitrogen and oxygen atoms in total. The Morgan fingerprint density at radius 3 is 1.55 bits per heavy atom. The summed E-state index contributed by atoms with van der Waals surface area (Å²) in [5.41, 5.74) is 4.78. The Bertz CT molecular complexity index is 251. The summed E-state index contributed by atoms with van der Waals surface area (Å²) in [4.78, 5) is 21.3. The van der Waals surface area contributed by atoms with Gasteiger partial charge in [0.15, 0.2) is 0 Å². The van der Waals surface area contributed by atoms with Crippen LogP contribution in [0, 0.1) is 0 Å². The summed E-state index contributed by atoms with van der Waals surface area (Å²) in [5.74, 6) is -0.778. The molecular formula is C14H25NO5. The van der Waals surface area contributed by atoms with E-state index in [0.29, 0.717) is 19.8 Å². The number of carbonyl (C=O) groups is 2. The van der Waals surface area contributed by atoms with Gasteiger partial charge in [0.25, 0.3) is 0 Å². The van der Waals surface area contributed by atoms with Crippen LogP contribution in [-0.4, -0.2) is 43.4 Å². The number of carbonyl (C=O) groups excluding carboxylic acids is 2. The van der Waals surface area contributed by atoms with Crippen LogP contribution in [0.5, 0.6) is 0 Å². The zero-order valence-electron chi connectivity index (χ0n) is 11.9. The first-order valence-corrected chi connectivity index (χ1v) is 6.51. The maximum Gasteiger partial charge on any atom is 0.330 e. The molecule has 0 aromatic rings. The molecule has 6 heteroatoms. The van der Waals surface area contributed by atoms with Gasteiger partial charge in [-0.1, -0.05) is 13.2 Å². The first-order valence-electron chi connectivity index (χ1n) is 6.51. The van der Waals surface area contributed by atoms with Gasteiger partial charge in [-0.2, -0.15) is 0 Å². The summed E-state index contributed by atoms with van der Waals surface area (Å²) in [7, 11) is 0. The minimum atomic E-state index is -0.389. The summed E-state index contributed by atoms with van der Waals surface area (Å²) in [6, 6.07) is 0. The van der Waals surface area contributed by atoms with Gasteiger partial charge in [-0.05, 0) is 25.7 Å². The van der Waals surface area contributed by atoms with Crippen LogP contribution in [0.25, 0.3) is 0 Å². The highest BCUT2D eigenvalue weighted by atomic mass is 16.5. The van der Waals surface area contributed by atoms with E-state index in [4.69, 9.17) is 20.3 Å². The molecule has 0 rings (SSSR count). The van der Waals surface area contributed by atoms with Crippen molar-refractivity contribution in [3.05, 3.63) is 25.3 Å². The van der Waals surface area contributed by atoms with E-state index < -0.39 is 0 Å². The second-order valence-electron chi connectivity index (χ2n) is 3.67. The Kier molecular flexibility index (Phi) is 17.9. The van der Waals surface area contributed by atoms with Crippen LogP contribution < -0.4 is 5.73 Å². The SMILES string of the molecule is C=CC(=O)OCCCCCCOC(=O)C=C.NCCO. The molecule has 0 fully saturated rings. The van der Waals surface area contributed by atoms with Gasteiger partial charge in [0.1, 0.15) is 0 Å². The third-order valence-corrected chi connectivity index (χ3v) is 1.99. The Morgan fingerprint density at radius 2 is 1.30 bits per heavy atom. The zero-order chi connectivity index (χ0) is 15.6. The van der Waals surface area contributed by atoms with Gasteiger partial charge in [-0.25, -0.2) is 9.59 Å². The molecule has 0 amide bonds. The van der Waals surface area contributed by atoms with Crippen molar-refractivity contribution in [2.45, 2.75) is 25.7 Å². The fourth-order valence-corrected chi connectivity index (χ4v) is 1.02. The summed E-state index contributed by atoms with van der Waals surface area (Å²) in [5, 5.41) is 7.75. The molecule has 3 N–H and O–H groups in total. The van der Waals surface area contributed by atoms with Crippen molar-refractivity contribution >= 4 is 11.9 Å². The van der Waals surface area contributed by atoms with E-state index in [1.54, 1.807) is 0 Å². The first kappa shape index (κ1) is 20.7. The van der Waals surface area contributed by atoms with Crippen molar-refractivity contribution in [3.63, 3.8) is 0 Å².